The van der Waals surface area contributed by atoms with E-state index in [-0.39, 0.29) is 12.5 Å². The number of carboxylic acids is 1. The zero-order chi connectivity index (χ0) is 16.5. The van der Waals surface area contributed by atoms with Crippen molar-refractivity contribution < 1.29 is 20.0 Å². The molecule has 0 aliphatic rings. The van der Waals surface area contributed by atoms with E-state index in [1.165, 1.54) is 0 Å². The summed E-state index contributed by atoms with van der Waals surface area (Å²) in [7, 11) is 0. The fraction of sp³-hybridized carbons (Fsp3) is 0.611. The Bertz CT molecular complexity index is 345. The fourth-order valence-electron chi connectivity index (χ4n) is 1.96. The van der Waals surface area contributed by atoms with Crippen LogP contribution in [-0.4, -0.2) is 22.4 Å². The SMILES string of the molecule is CCCCC[C@@H](/C=C/C=C/C/C=C/CCCCC(=O)O)OO. The second-order valence-electron chi connectivity index (χ2n) is 5.30. The molecule has 0 saturated carbocycles. The normalized spacial score (nSPS) is 13.5. The maximum atomic E-state index is 10.3. The molecule has 0 rings (SSSR count). The first kappa shape index (κ1) is 20.6. The van der Waals surface area contributed by atoms with Crippen LogP contribution < -0.4 is 0 Å². The quantitative estimate of drug-likeness (QED) is 0.153. The molecule has 0 aromatic rings. The van der Waals surface area contributed by atoms with E-state index in [0.29, 0.717) is 0 Å². The number of aliphatic carboxylic acids is 1. The van der Waals surface area contributed by atoms with Gasteiger partial charge >= 0.3 is 5.97 Å². The van der Waals surface area contributed by atoms with E-state index in [1.807, 2.05) is 24.3 Å². The summed E-state index contributed by atoms with van der Waals surface area (Å²) in [6.45, 7) is 2.15. The van der Waals surface area contributed by atoms with E-state index in [9.17, 15) is 4.79 Å². The Morgan fingerprint density at radius 1 is 1.09 bits per heavy atom. The van der Waals surface area contributed by atoms with Gasteiger partial charge in [0.15, 0.2) is 0 Å². The summed E-state index contributed by atoms with van der Waals surface area (Å²) in [6, 6.07) is 0. The number of rotatable bonds is 14. The zero-order valence-corrected chi connectivity index (χ0v) is 13.6. The highest BCUT2D eigenvalue weighted by molar-refractivity contribution is 5.66. The summed E-state index contributed by atoms with van der Waals surface area (Å²) < 4.78 is 0. The third-order valence-corrected chi connectivity index (χ3v) is 3.25. The van der Waals surface area contributed by atoms with E-state index >= 15 is 0 Å². The van der Waals surface area contributed by atoms with Gasteiger partial charge in [-0.3, -0.25) is 10.1 Å². The van der Waals surface area contributed by atoms with Crippen LogP contribution in [0.5, 0.6) is 0 Å². The van der Waals surface area contributed by atoms with Gasteiger partial charge in [0, 0.05) is 6.42 Å². The van der Waals surface area contributed by atoms with E-state index in [0.717, 1.165) is 51.4 Å². The lowest BCUT2D eigenvalue weighted by Gasteiger charge is -2.07. The van der Waals surface area contributed by atoms with Gasteiger partial charge in [0.2, 0.25) is 0 Å². The predicted molar refractivity (Wildman–Crippen MR) is 89.8 cm³/mol. The number of hydrogen-bond donors (Lipinski definition) is 2. The molecule has 0 aromatic heterocycles. The average Bonchev–Trinajstić information content (AvgIpc) is 2.50. The van der Waals surface area contributed by atoms with Gasteiger partial charge in [0.1, 0.15) is 6.10 Å². The van der Waals surface area contributed by atoms with Crippen LogP contribution >= 0.6 is 0 Å². The molecule has 0 spiro atoms. The van der Waals surface area contributed by atoms with Crippen LogP contribution in [-0.2, 0) is 9.68 Å². The summed E-state index contributed by atoms with van der Waals surface area (Å²) in [6.07, 6.45) is 19.6. The van der Waals surface area contributed by atoms with Crippen LogP contribution in [0.25, 0.3) is 0 Å². The Morgan fingerprint density at radius 3 is 2.59 bits per heavy atom. The molecule has 0 heterocycles. The molecular weight excluding hydrogens is 280 g/mol. The topological polar surface area (TPSA) is 66.8 Å². The smallest absolute Gasteiger partial charge is 0.303 e. The first-order chi connectivity index (χ1) is 10.7. The molecule has 22 heavy (non-hydrogen) atoms. The molecule has 0 fully saturated rings. The van der Waals surface area contributed by atoms with E-state index in [1.54, 1.807) is 0 Å². The highest BCUT2D eigenvalue weighted by Crippen LogP contribution is 2.07. The van der Waals surface area contributed by atoms with Gasteiger partial charge in [-0.25, -0.2) is 4.89 Å². The number of allylic oxidation sites excluding steroid dienone is 5. The lowest BCUT2D eigenvalue weighted by atomic mass is 10.1. The maximum Gasteiger partial charge on any atom is 0.303 e. The minimum absolute atomic E-state index is 0.221. The van der Waals surface area contributed by atoms with Crippen molar-refractivity contribution in [1.82, 2.24) is 0 Å². The summed E-state index contributed by atoms with van der Waals surface area (Å²) in [5, 5.41) is 17.3. The molecular formula is C18H30O4. The molecule has 0 unspecified atom stereocenters. The lowest BCUT2D eigenvalue weighted by molar-refractivity contribution is -0.267. The molecule has 0 aliphatic heterocycles. The minimum Gasteiger partial charge on any atom is -0.481 e. The van der Waals surface area contributed by atoms with Gasteiger partial charge in [-0.1, -0.05) is 62.6 Å². The molecule has 0 radical (unpaired) electrons. The molecule has 126 valence electrons. The van der Waals surface area contributed by atoms with Crippen LogP contribution in [0, 0.1) is 0 Å². The average molecular weight is 310 g/mol. The van der Waals surface area contributed by atoms with Crippen molar-refractivity contribution in [3.63, 3.8) is 0 Å². The lowest BCUT2D eigenvalue weighted by Crippen LogP contribution is -2.06. The van der Waals surface area contributed by atoms with Gasteiger partial charge in [0.25, 0.3) is 0 Å². The second-order valence-corrected chi connectivity index (χ2v) is 5.30. The standard InChI is InChI=1S/C18H30O4/c1-2-3-11-14-17(22-21)15-12-9-7-5-4-6-8-10-13-16-18(19)20/h4,6-7,9,12,15,17,21H,2-3,5,8,10-11,13-14,16H2,1H3,(H,19,20)/b6-4+,9-7+,15-12+/t17-/m0/s1. The Labute approximate surface area is 134 Å². The Hall–Kier alpha value is -1.39. The molecule has 1 atom stereocenters. The van der Waals surface area contributed by atoms with Crippen molar-refractivity contribution >= 4 is 5.97 Å². The van der Waals surface area contributed by atoms with Crippen molar-refractivity contribution in [2.75, 3.05) is 0 Å². The molecule has 4 heteroatoms. The third kappa shape index (κ3) is 15.0. The van der Waals surface area contributed by atoms with Crippen molar-refractivity contribution in [3.8, 4) is 0 Å². The molecule has 0 bridgehead atoms. The number of carbonyl (C=O) groups is 1. The maximum absolute atomic E-state index is 10.3. The van der Waals surface area contributed by atoms with Crippen molar-refractivity contribution in [1.29, 1.82) is 0 Å². The monoisotopic (exact) mass is 310 g/mol. The van der Waals surface area contributed by atoms with Gasteiger partial charge in [0.05, 0.1) is 0 Å². The van der Waals surface area contributed by atoms with Gasteiger partial charge < -0.3 is 5.11 Å². The Balaban J connectivity index is 3.66. The van der Waals surface area contributed by atoms with E-state index < -0.39 is 5.97 Å². The highest BCUT2D eigenvalue weighted by atomic mass is 17.1. The summed E-state index contributed by atoms with van der Waals surface area (Å²) >= 11 is 0. The summed E-state index contributed by atoms with van der Waals surface area (Å²) in [4.78, 5) is 14.7. The molecule has 0 amide bonds. The van der Waals surface area contributed by atoms with Gasteiger partial charge in [-0.2, -0.15) is 0 Å². The molecule has 4 nitrogen and oxygen atoms in total. The Kier molecular flexibility index (Phi) is 15.0. The van der Waals surface area contributed by atoms with E-state index in [4.69, 9.17) is 10.4 Å². The number of hydrogen-bond acceptors (Lipinski definition) is 3. The highest BCUT2D eigenvalue weighted by Gasteiger charge is 2.02. The first-order valence-corrected chi connectivity index (χ1v) is 8.21. The number of carboxylic acid groups (broad SMARTS) is 1. The van der Waals surface area contributed by atoms with Crippen molar-refractivity contribution in [2.45, 2.75) is 70.8 Å². The van der Waals surface area contributed by atoms with Crippen LogP contribution in [0.2, 0.25) is 0 Å². The third-order valence-electron chi connectivity index (χ3n) is 3.25. The zero-order valence-electron chi connectivity index (χ0n) is 13.6. The summed E-state index contributed by atoms with van der Waals surface area (Å²) in [5.74, 6) is -0.724. The van der Waals surface area contributed by atoms with Crippen molar-refractivity contribution in [3.05, 3.63) is 36.5 Å². The minimum atomic E-state index is -0.724. The van der Waals surface area contributed by atoms with Crippen LogP contribution in [0.3, 0.4) is 0 Å². The Morgan fingerprint density at radius 2 is 1.91 bits per heavy atom. The predicted octanol–water partition coefficient (Wildman–Crippen LogP) is 5.13. The second kappa shape index (κ2) is 16.0. The van der Waals surface area contributed by atoms with Gasteiger partial charge in [-0.15, -0.1) is 0 Å². The van der Waals surface area contributed by atoms with Crippen LogP contribution in [0.15, 0.2) is 36.5 Å². The van der Waals surface area contributed by atoms with Crippen molar-refractivity contribution in [2.24, 2.45) is 0 Å². The molecule has 0 aromatic carbocycles. The molecule has 0 saturated heterocycles. The van der Waals surface area contributed by atoms with Gasteiger partial charge in [-0.05, 0) is 32.1 Å². The first-order valence-electron chi connectivity index (χ1n) is 8.21. The van der Waals surface area contributed by atoms with Crippen LogP contribution in [0.4, 0.5) is 0 Å². The van der Waals surface area contributed by atoms with Crippen LogP contribution in [0.1, 0.15) is 64.7 Å². The fourth-order valence-corrected chi connectivity index (χ4v) is 1.96. The molecule has 0 aliphatic carbocycles. The number of unbranched alkanes of at least 4 members (excludes halogenated alkanes) is 4. The summed E-state index contributed by atoms with van der Waals surface area (Å²) in [5.41, 5.74) is 0. The largest absolute Gasteiger partial charge is 0.481 e. The molecule has 2 N–H and O–H groups in total. The van der Waals surface area contributed by atoms with E-state index in [2.05, 4.69) is 24.0 Å².